The van der Waals surface area contributed by atoms with E-state index < -0.39 is 0 Å². The van der Waals surface area contributed by atoms with Gasteiger partial charge in [0.15, 0.2) is 0 Å². The van der Waals surface area contributed by atoms with Crippen molar-refractivity contribution in [3.63, 3.8) is 0 Å². The van der Waals surface area contributed by atoms with Crippen LogP contribution in [0.15, 0.2) is 41.8 Å². The minimum absolute atomic E-state index is 0.00829. The number of benzene rings is 1. The summed E-state index contributed by atoms with van der Waals surface area (Å²) >= 11 is 8.96. The Hall–Kier alpha value is -2.26. The van der Waals surface area contributed by atoms with Crippen molar-refractivity contribution in [3.8, 4) is 9.88 Å². The molecule has 0 aliphatic carbocycles. The van der Waals surface area contributed by atoms with Crippen LogP contribution in [0.5, 0.6) is 0 Å². The van der Waals surface area contributed by atoms with Crippen LogP contribution in [0.25, 0.3) is 9.88 Å². The van der Waals surface area contributed by atoms with Gasteiger partial charge in [-0.2, -0.15) is 0 Å². The lowest BCUT2D eigenvalue weighted by Crippen LogP contribution is -2.48. The number of nitrogens with one attached hydrogen (secondary N) is 1. The third-order valence-corrected chi connectivity index (χ3v) is 7.37. The highest BCUT2D eigenvalue weighted by atomic mass is 35.5. The monoisotopic (exact) mass is 489 g/mol. The molecule has 168 valence electrons. The first kappa shape index (κ1) is 22.9. The zero-order valence-electron chi connectivity index (χ0n) is 17.8. The Morgan fingerprint density at radius 3 is 2.53 bits per heavy atom. The van der Waals surface area contributed by atoms with Crippen molar-refractivity contribution in [1.82, 2.24) is 15.2 Å². The molecule has 1 aromatic carbocycles. The molecule has 1 aliphatic heterocycles. The number of thiophene rings is 1. The van der Waals surface area contributed by atoms with Crippen molar-refractivity contribution in [2.45, 2.75) is 39.0 Å². The molecular weight excluding hydrogens is 466 g/mol. The molecule has 1 N–H and O–H groups in total. The van der Waals surface area contributed by atoms with Gasteiger partial charge in [0.05, 0.1) is 33.5 Å². The quantitative estimate of drug-likeness (QED) is 0.547. The fourth-order valence-electron chi connectivity index (χ4n) is 3.65. The molecule has 3 heterocycles. The second kappa shape index (κ2) is 10.1. The van der Waals surface area contributed by atoms with Crippen LogP contribution in [0.3, 0.4) is 0 Å². The summed E-state index contributed by atoms with van der Waals surface area (Å²) in [6, 6.07) is 11.2. The number of thiazole rings is 1. The average molecular weight is 490 g/mol. The number of amides is 2. The first-order chi connectivity index (χ1) is 15.4. The molecule has 1 fully saturated rings. The van der Waals surface area contributed by atoms with Crippen molar-refractivity contribution < 1.29 is 14.3 Å². The van der Waals surface area contributed by atoms with Gasteiger partial charge in [0.25, 0.3) is 5.91 Å². The number of nitrogens with zero attached hydrogens (tertiary/aromatic N) is 2. The van der Waals surface area contributed by atoms with Crippen LogP contribution < -0.4 is 5.32 Å². The summed E-state index contributed by atoms with van der Waals surface area (Å²) in [6.07, 6.45) is 0.294. The van der Waals surface area contributed by atoms with E-state index in [2.05, 4.69) is 10.3 Å². The number of carbonyl (C=O) groups excluding carboxylic acids is 2. The van der Waals surface area contributed by atoms with Crippen LogP contribution in [0.2, 0.25) is 4.34 Å². The Kier molecular flexibility index (Phi) is 7.25. The topological polar surface area (TPSA) is 71.5 Å². The normalized spacial score (nSPS) is 18.5. The fraction of sp³-hybridized carbons (Fsp3) is 0.348. The van der Waals surface area contributed by atoms with Crippen LogP contribution >= 0.6 is 34.3 Å². The lowest BCUT2D eigenvalue weighted by Gasteiger charge is -2.35. The number of ether oxygens (including phenoxy) is 1. The number of aromatic nitrogens is 1. The molecule has 1 aliphatic rings. The summed E-state index contributed by atoms with van der Waals surface area (Å²) in [5.41, 5.74) is 2.32. The van der Waals surface area contributed by atoms with Crippen LogP contribution in [0, 0.1) is 0 Å². The van der Waals surface area contributed by atoms with E-state index in [1.54, 1.807) is 0 Å². The number of carbonyl (C=O) groups is 2. The van der Waals surface area contributed by atoms with E-state index >= 15 is 0 Å². The number of rotatable bonds is 6. The van der Waals surface area contributed by atoms with Crippen LogP contribution in [-0.2, 0) is 22.5 Å². The van der Waals surface area contributed by atoms with Crippen molar-refractivity contribution in [3.05, 3.63) is 62.9 Å². The van der Waals surface area contributed by atoms with Crippen molar-refractivity contribution >= 4 is 46.1 Å². The molecule has 9 heteroatoms. The fourth-order valence-corrected chi connectivity index (χ4v) is 5.58. The smallest absolute Gasteiger partial charge is 0.254 e. The van der Waals surface area contributed by atoms with Gasteiger partial charge in [0, 0.05) is 30.6 Å². The predicted molar refractivity (Wildman–Crippen MR) is 128 cm³/mol. The van der Waals surface area contributed by atoms with Gasteiger partial charge in [-0.3, -0.25) is 9.59 Å². The zero-order valence-corrected chi connectivity index (χ0v) is 20.2. The highest BCUT2D eigenvalue weighted by Gasteiger charge is 2.26. The van der Waals surface area contributed by atoms with Gasteiger partial charge in [-0.15, -0.1) is 22.7 Å². The van der Waals surface area contributed by atoms with E-state index in [-0.39, 0.29) is 30.4 Å². The van der Waals surface area contributed by atoms with E-state index in [0.717, 1.165) is 25.5 Å². The van der Waals surface area contributed by atoms with Crippen LogP contribution in [0.1, 0.15) is 35.5 Å². The minimum Gasteiger partial charge on any atom is -0.372 e. The van der Waals surface area contributed by atoms with Crippen LogP contribution in [0.4, 0.5) is 0 Å². The molecule has 2 atom stereocenters. The molecule has 1 saturated heterocycles. The van der Waals surface area contributed by atoms with Crippen molar-refractivity contribution in [2.75, 3.05) is 13.1 Å². The Morgan fingerprint density at radius 1 is 1.16 bits per heavy atom. The molecule has 4 rings (SSSR count). The molecular formula is C23H24ClN3O3S2. The average Bonchev–Trinajstić information content (AvgIpc) is 3.40. The van der Waals surface area contributed by atoms with Gasteiger partial charge < -0.3 is 15.0 Å². The summed E-state index contributed by atoms with van der Waals surface area (Å²) in [6.45, 7) is 5.55. The SMILES string of the molecule is CC1CN(C(=O)c2ccc(CNC(=O)Cc3csc(-c4ccc(Cl)s4)n3)cc2)CC(C)O1. The van der Waals surface area contributed by atoms with E-state index in [4.69, 9.17) is 16.3 Å². The second-order valence-electron chi connectivity index (χ2n) is 7.87. The van der Waals surface area contributed by atoms with Gasteiger partial charge in [-0.05, 0) is 43.7 Å². The van der Waals surface area contributed by atoms with Gasteiger partial charge in [-0.1, -0.05) is 23.7 Å². The maximum Gasteiger partial charge on any atom is 0.254 e. The van der Waals surface area contributed by atoms with E-state index in [9.17, 15) is 9.59 Å². The Labute approximate surface area is 200 Å². The lowest BCUT2D eigenvalue weighted by atomic mass is 10.1. The Balaban J connectivity index is 1.28. The predicted octanol–water partition coefficient (Wildman–Crippen LogP) is 4.63. The summed E-state index contributed by atoms with van der Waals surface area (Å²) in [5.74, 6) is -0.0866. The first-order valence-corrected chi connectivity index (χ1v) is 12.5. The number of morpholine rings is 1. The van der Waals surface area contributed by atoms with E-state index in [1.165, 1.54) is 22.7 Å². The molecule has 2 aromatic heterocycles. The van der Waals surface area contributed by atoms with Crippen LogP contribution in [-0.4, -0.2) is 47.0 Å². The largest absolute Gasteiger partial charge is 0.372 e. The van der Waals surface area contributed by atoms with Gasteiger partial charge in [0.1, 0.15) is 5.01 Å². The van der Waals surface area contributed by atoms with E-state index in [1.807, 2.05) is 60.5 Å². The summed E-state index contributed by atoms with van der Waals surface area (Å²) in [5, 5.41) is 5.69. The third kappa shape index (κ3) is 5.75. The number of hydrogen-bond donors (Lipinski definition) is 1. The molecule has 32 heavy (non-hydrogen) atoms. The van der Waals surface area contributed by atoms with Crippen molar-refractivity contribution in [1.29, 1.82) is 0 Å². The van der Waals surface area contributed by atoms with E-state index in [0.29, 0.717) is 25.2 Å². The molecule has 3 aromatic rings. The molecule has 0 bridgehead atoms. The van der Waals surface area contributed by atoms with Gasteiger partial charge >= 0.3 is 0 Å². The minimum atomic E-state index is -0.0949. The molecule has 0 saturated carbocycles. The summed E-state index contributed by atoms with van der Waals surface area (Å²) < 4.78 is 6.42. The standard InChI is InChI=1S/C23H24ClN3O3S2/c1-14-11-27(12-15(2)30-14)23(29)17-5-3-16(4-6-17)10-25-21(28)9-18-13-31-22(26-18)19-7-8-20(24)32-19/h3-8,13-15H,9-12H2,1-2H3,(H,25,28). The molecule has 2 unspecified atom stereocenters. The summed E-state index contributed by atoms with van der Waals surface area (Å²) in [4.78, 5) is 32.5. The molecule has 0 radical (unpaired) electrons. The number of halogens is 1. The molecule has 2 amide bonds. The zero-order chi connectivity index (χ0) is 22.7. The number of hydrogen-bond acceptors (Lipinski definition) is 6. The molecule has 6 nitrogen and oxygen atoms in total. The highest BCUT2D eigenvalue weighted by Crippen LogP contribution is 2.33. The second-order valence-corrected chi connectivity index (χ2v) is 10.4. The van der Waals surface area contributed by atoms with Crippen molar-refractivity contribution in [2.24, 2.45) is 0 Å². The first-order valence-electron chi connectivity index (χ1n) is 10.4. The maximum absolute atomic E-state index is 12.8. The Morgan fingerprint density at radius 2 is 1.88 bits per heavy atom. The lowest BCUT2D eigenvalue weighted by molar-refractivity contribution is -0.120. The molecule has 0 spiro atoms. The Bertz CT molecular complexity index is 1090. The maximum atomic E-state index is 12.8. The van der Waals surface area contributed by atoms with Gasteiger partial charge in [-0.25, -0.2) is 4.98 Å². The third-order valence-electron chi connectivity index (χ3n) is 5.07. The highest BCUT2D eigenvalue weighted by molar-refractivity contribution is 7.23. The summed E-state index contributed by atoms with van der Waals surface area (Å²) in [7, 11) is 0. The van der Waals surface area contributed by atoms with Gasteiger partial charge in [0.2, 0.25) is 5.91 Å².